The molecule has 2 atom stereocenters. The van der Waals surface area contributed by atoms with Crippen LogP contribution >= 0.6 is 0 Å². The molecule has 0 spiro atoms. The first-order valence-electron chi connectivity index (χ1n) is 9.50. The summed E-state index contributed by atoms with van der Waals surface area (Å²) < 4.78 is 14.6. The highest BCUT2D eigenvalue weighted by Crippen LogP contribution is 2.38. The molecule has 23 heavy (non-hydrogen) atoms. The molecule has 1 saturated carbocycles. The van der Waals surface area contributed by atoms with E-state index in [1.54, 1.807) is 12.1 Å². The number of phenols is 1. The zero-order valence-corrected chi connectivity index (χ0v) is 14.8. The predicted molar refractivity (Wildman–Crippen MR) is 95.5 cm³/mol. The van der Waals surface area contributed by atoms with Crippen molar-refractivity contribution in [1.29, 1.82) is 0 Å². The van der Waals surface area contributed by atoms with E-state index in [0.717, 1.165) is 17.4 Å². The monoisotopic (exact) mass is 320 g/mol. The minimum Gasteiger partial charge on any atom is -0.508 e. The van der Waals surface area contributed by atoms with Gasteiger partial charge >= 0.3 is 0 Å². The van der Waals surface area contributed by atoms with Crippen LogP contribution in [0, 0.1) is 17.8 Å². The number of halogens is 1. The molecule has 1 N–H and O–H groups in total. The maximum Gasteiger partial charge on any atom is 0.115 e. The molecule has 1 aliphatic rings. The van der Waals surface area contributed by atoms with Crippen molar-refractivity contribution in [3.8, 4) is 5.75 Å². The van der Waals surface area contributed by atoms with Gasteiger partial charge in [0.15, 0.2) is 0 Å². The highest BCUT2D eigenvalue weighted by molar-refractivity contribution is 5.26. The third-order valence-corrected chi connectivity index (χ3v) is 5.61. The second-order valence-corrected chi connectivity index (χ2v) is 7.63. The molecule has 2 heteroatoms. The Morgan fingerprint density at radius 1 is 1.13 bits per heavy atom. The number of phenolic OH excluding ortho intramolecular Hbond substituents is 1. The van der Waals surface area contributed by atoms with Crippen molar-refractivity contribution >= 4 is 0 Å². The van der Waals surface area contributed by atoms with Crippen LogP contribution in [0.25, 0.3) is 0 Å². The maximum atomic E-state index is 14.6. The maximum absolute atomic E-state index is 14.6. The van der Waals surface area contributed by atoms with Gasteiger partial charge in [0.05, 0.1) is 0 Å². The summed E-state index contributed by atoms with van der Waals surface area (Å²) in [6, 6.07) is 6.98. The Hall–Kier alpha value is -1.05. The van der Waals surface area contributed by atoms with Gasteiger partial charge in [-0.05, 0) is 54.7 Å². The first-order chi connectivity index (χ1) is 11.1. The van der Waals surface area contributed by atoms with Crippen molar-refractivity contribution in [2.75, 3.05) is 0 Å². The van der Waals surface area contributed by atoms with Crippen molar-refractivity contribution in [2.45, 2.75) is 77.8 Å². The largest absolute Gasteiger partial charge is 0.508 e. The average molecular weight is 320 g/mol. The number of alkyl halides is 1. The standard InChI is InChI=1S/C21H33FO/c1-3-4-5-19(18-10-6-16(2)7-11-18)15-20(22)14-17-8-12-21(23)13-9-17/h8-9,12-13,16,18-20,23H,3-7,10-11,14-15H2,1-2H3. The number of hydrogen-bond acceptors (Lipinski definition) is 1. The third kappa shape index (κ3) is 6.16. The number of rotatable bonds is 8. The molecule has 1 aliphatic carbocycles. The molecule has 1 fully saturated rings. The van der Waals surface area contributed by atoms with Crippen LogP contribution in [0.2, 0.25) is 0 Å². The summed E-state index contributed by atoms with van der Waals surface area (Å²) in [4.78, 5) is 0. The van der Waals surface area contributed by atoms with Crippen LogP contribution in [0.15, 0.2) is 24.3 Å². The Labute approximate surface area is 141 Å². The van der Waals surface area contributed by atoms with Gasteiger partial charge < -0.3 is 5.11 Å². The molecule has 0 radical (unpaired) electrons. The van der Waals surface area contributed by atoms with Gasteiger partial charge in [0, 0.05) is 6.42 Å². The van der Waals surface area contributed by atoms with Crippen molar-refractivity contribution in [1.82, 2.24) is 0 Å². The van der Waals surface area contributed by atoms with Gasteiger partial charge in [-0.25, -0.2) is 4.39 Å². The lowest BCUT2D eigenvalue weighted by atomic mass is 9.73. The molecule has 2 unspecified atom stereocenters. The smallest absolute Gasteiger partial charge is 0.115 e. The Bertz CT molecular complexity index is 434. The predicted octanol–water partition coefficient (Wildman–Crippen LogP) is 6.30. The van der Waals surface area contributed by atoms with Gasteiger partial charge in [-0.2, -0.15) is 0 Å². The van der Waals surface area contributed by atoms with E-state index in [9.17, 15) is 9.50 Å². The lowest BCUT2D eigenvalue weighted by molar-refractivity contribution is 0.154. The molecule has 0 heterocycles. The van der Waals surface area contributed by atoms with E-state index < -0.39 is 6.17 Å². The van der Waals surface area contributed by atoms with Crippen LogP contribution in [-0.4, -0.2) is 11.3 Å². The molecular weight excluding hydrogens is 287 g/mol. The lowest BCUT2D eigenvalue weighted by Crippen LogP contribution is -2.24. The van der Waals surface area contributed by atoms with E-state index in [2.05, 4.69) is 13.8 Å². The molecule has 0 amide bonds. The summed E-state index contributed by atoms with van der Waals surface area (Å²) in [5, 5.41) is 9.33. The Balaban J connectivity index is 1.89. The molecule has 1 aromatic rings. The second kappa shape index (κ2) is 9.30. The normalized spacial score (nSPS) is 24.3. The summed E-state index contributed by atoms with van der Waals surface area (Å²) in [5.74, 6) is 2.39. The first kappa shape index (κ1) is 18.3. The van der Waals surface area contributed by atoms with Gasteiger partial charge in [0.1, 0.15) is 11.9 Å². The third-order valence-electron chi connectivity index (χ3n) is 5.61. The molecule has 2 rings (SSSR count). The first-order valence-corrected chi connectivity index (χ1v) is 9.50. The summed E-state index contributed by atoms with van der Waals surface area (Å²) >= 11 is 0. The number of unbranched alkanes of at least 4 members (excludes halogenated alkanes) is 1. The van der Waals surface area contributed by atoms with Gasteiger partial charge in [0.2, 0.25) is 0 Å². The Kier molecular flexibility index (Phi) is 7.39. The zero-order valence-electron chi connectivity index (χ0n) is 14.8. The van der Waals surface area contributed by atoms with Crippen LogP contribution in [0.1, 0.15) is 70.8 Å². The van der Waals surface area contributed by atoms with Crippen LogP contribution < -0.4 is 0 Å². The van der Waals surface area contributed by atoms with E-state index in [4.69, 9.17) is 0 Å². The quantitative estimate of drug-likeness (QED) is 0.596. The molecule has 130 valence electrons. The fraction of sp³-hybridized carbons (Fsp3) is 0.714. The molecule has 0 bridgehead atoms. The van der Waals surface area contributed by atoms with Crippen molar-refractivity contribution < 1.29 is 9.50 Å². The molecule has 0 aliphatic heterocycles. The fourth-order valence-electron chi connectivity index (χ4n) is 4.07. The summed E-state index contributed by atoms with van der Waals surface area (Å²) in [6.45, 7) is 4.57. The van der Waals surface area contributed by atoms with E-state index in [-0.39, 0.29) is 5.75 Å². The van der Waals surface area contributed by atoms with Crippen LogP contribution in [-0.2, 0) is 6.42 Å². The minimum atomic E-state index is -0.763. The van der Waals surface area contributed by atoms with E-state index in [1.807, 2.05) is 12.1 Å². The van der Waals surface area contributed by atoms with Gasteiger partial charge in [-0.3, -0.25) is 0 Å². The van der Waals surface area contributed by atoms with Crippen LogP contribution in [0.5, 0.6) is 5.75 Å². The number of hydrogen-bond donors (Lipinski definition) is 1. The number of aromatic hydroxyl groups is 1. The van der Waals surface area contributed by atoms with Crippen molar-refractivity contribution in [3.05, 3.63) is 29.8 Å². The fourth-order valence-corrected chi connectivity index (χ4v) is 4.07. The summed E-state index contributed by atoms with van der Waals surface area (Å²) in [6.07, 6.45) is 9.27. The molecule has 1 nitrogen and oxygen atoms in total. The van der Waals surface area contributed by atoms with Gasteiger partial charge in [0.25, 0.3) is 0 Å². The van der Waals surface area contributed by atoms with Gasteiger partial charge in [-0.1, -0.05) is 58.1 Å². The average Bonchev–Trinajstić information content (AvgIpc) is 2.54. The Morgan fingerprint density at radius 2 is 1.78 bits per heavy atom. The summed E-state index contributed by atoms with van der Waals surface area (Å²) in [5.41, 5.74) is 0.988. The van der Waals surface area contributed by atoms with E-state index >= 15 is 0 Å². The second-order valence-electron chi connectivity index (χ2n) is 7.63. The minimum absolute atomic E-state index is 0.251. The summed E-state index contributed by atoms with van der Waals surface area (Å²) in [7, 11) is 0. The van der Waals surface area contributed by atoms with Crippen molar-refractivity contribution in [3.63, 3.8) is 0 Å². The molecular formula is C21H33FO. The lowest BCUT2D eigenvalue weighted by Gasteiger charge is -2.33. The van der Waals surface area contributed by atoms with Crippen LogP contribution in [0.3, 0.4) is 0 Å². The highest BCUT2D eigenvalue weighted by atomic mass is 19.1. The van der Waals surface area contributed by atoms with E-state index in [0.29, 0.717) is 18.8 Å². The van der Waals surface area contributed by atoms with Gasteiger partial charge in [-0.15, -0.1) is 0 Å². The highest BCUT2D eigenvalue weighted by Gasteiger charge is 2.27. The Morgan fingerprint density at radius 3 is 2.39 bits per heavy atom. The SMILES string of the molecule is CCCCC(CC(F)Cc1ccc(O)cc1)C1CCC(C)CC1. The molecule has 0 saturated heterocycles. The van der Waals surface area contributed by atoms with E-state index in [1.165, 1.54) is 44.9 Å². The van der Waals surface area contributed by atoms with Crippen molar-refractivity contribution in [2.24, 2.45) is 17.8 Å². The topological polar surface area (TPSA) is 20.2 Å². The molecule has 1 aromatic carbocycles. The molecule has 0 aromatic heterocycles. The zero-order chi connectivity index (χ0) is 16.7. The number of benzene rings is 1. The van der Waals surface area contributed by atoms with Crippen LogP contribution in [0.4, 0.5) is 4.39 Å².